The maximum atomic E-state index is 5.83. The molecule has 3 nitrogen and oxygen atoms in total. The molecule has 0 saturated carbocycles. The molecule has 1 aliphatic heterocycles. The smallest absolute Gasteiger partial charge is 0.123 e. The van der Waals surface area contributed by atoms with Gasteiger partial charge in [0, 0.05) is 6.61 Å². The Morgan fingerprint density at radius 1 is 1.56 bits per heavy atom. The molecule has 1 saturated heterocycles. The zero-order chi connectivity index (χ0) is 11.4. The Kier molecular flexibility index (Phi) is 4.02. The molecule has 90 valence electrons. The first kappa shape index (κ1) is 11.7. The Balaban J connectivity index is 2.08. The Morgan fingerprint density at radius 2 is 2.44 bits per heavy atom. The van der Waals surface area contributed by atoms with Crippen molar-refractivity contribution in [3.05, 3.63) is 24.2 Å². The fourth-order valence-corrected chi connectivity index (χ4v) is 2.29. The molecule has 1 N–H and O–H groups in total. The van der Waals surface area contributed by atoms with Crippen molar-refractivity contribution in [2.75, 3.05) is 13.2 Å². The lowest BCUT2D eigenvalue weighted by Crippen LogP contribution is -2.34. The first-order valence-corrected chi connectivity index (χ1v) is 6.21. The standard InChI is InChI=1S/C13H21NO2/c1-3-7-14-12(11-5-4-8-15-11)13-10(2)6-9-16-13/h4-5,8,10,12-14H,3,6-7,9H2,1-2H3. The highest BCUT2D eigenvalue weighted by atomic mass is 16.5. The third-order valence-corrected chi connectivity index (χ3v) is 3.24. The van der Waals surface area contributed by atoms with Gasteiger partial charge in [-0.2, -0.15) is 0 Å². The first-order valence-electron chi connectivity index (χ1n) is 6.21. The van der Waals surface area contributed by atoms with Crippen molar-refractivity contribution in [3.8, 4) is 0 Å². The fourth-order valence-electron chi connectivity index (χ4n) is 2.29. The monoisotopic (exact) mass is 223 g/mol. The van der Waals surface area contributed by atoms with Crippen LogP contribution in [0.2, 0.25) is 0 Å². The van der Waals surface area contributed by atoms with Gasteiger partial charge in [-0.3, -0.25) is 0 Å². The van der Waals surface area contributed by atoms with Gasteiger partial charge in [-0.05, 0) is 37.4 Å². The summed E-state index contributed by atoms with van der Waals surface area (Å²) >= 11 is 0. The highest BCUT2D eigenvalue weighted by Gasteiger charge is 2.34. The van der Waals surface area contributed by atoms with E-state index in [4.69, 9.17) is 9.15 Å². The largest absolute Gasteiger partial charge is 0.468 e. The number of nitrogens with one attached hydrogen (secondary N) is 1. The first-order chi connectivity index (χ1) is 7.83. The van der Waals surface area contributed by atoms with Gasteiger partial charge in [0.2, 0.25) is 0 Å². The van der Waals surface area contributed by atoms with E-state index in [0.717, 1.165) is 31.8 Å². The van der Waals surface area contributed by atoms with Crippen LogP contribution in [0.1, 0.15) is 38.5 Å². The van der Waals surface area contributed by atoms with Gasteiger partial charge in [0.15, 0.2) is 0 Å². The average molecular weight is 223 g/mol. The Morgan fingerprint density at radius 3 is 3.00 bits per heavy atom. The second-order valence-corrected chi connectivity index (χ2v) is 4.55. The van der Waals surface area contributed by atoms with Crippen molar-refractivity contribution in [1.82, 2.24) is 5.32 Å². The maximum Gasteiger partial charge on any atom is 0.123 e. The van der Waals surface area contributed by atoms with Crippen molar-refractivity contribution in [2.45, 2.75) is 38.8 Å². The molecule has 1 aliphatic rings. The van der Waals surface area contributed by atoms with Gasteiger partial charge in [0.25, 0.3) is 0 Å². The maximum absolute atomic E-state index is 5.83. The van der Waals surface area contributed by atoms with Crippen LogP contribution in [-0.4, -0.2) is 19.3 Å². The SMILES string of the molecule is CCCNC(c1ccco1)C1OCCC1C. The van der Waals surface area contributed by atoms with E-state index in [1.165, 1.54) is 0 Å². The van der Waals surface area contributed by atoms with Crippen molar-refractivity contribution < 1.29 is 9.15 Å². The van der Waals surface area contributed by atoms with Crippen molar-refractivity contribution >= 4 is 0 Å². The normalized spacial score (nSPS) is 27.1. The van der Waals surface area contributed by atoms with E-state index in [1.807, 2.05) is 12.1 Å². The minimum absolute atomic E-state index is 0.201. The van der Waals surface area contributed by atoms with Gasteiger partial charge < -0.3 is 14.5 Å². The highest BCUT2D eigenvalue weighted by molar-refractivity contribution is 5.08. The van der Waals surface area contributed by atoms with Crippen molar-refractivity contribution in [2.24, 2.45) is 5.92 Å². The molecule has 1 aromatic heterocycles. The number of hydrogen-bond donors (Lipinski definition) is 1. The summed E-state index contributed by atoms with van der Waals surface area (Å²) in [5.74, 6) is 1.59. The molecule has 0 spiro atoms. The van der Waals surface area contributed by atoms with E-state index in [1.54, 1.807) is 6.26 Å². The van der Waals surface area contributed by atoms with E-state index in [2.05, 4.69) is 19.2 Å². The van der Waals surface area contributed by atoms with Crippen molar-refractivity contribution in [3.63, 3.8) is 0 Å². The molecule has 2 heterocycles. The summed E-state index contributed by atoms with van der Waals surface area (Å²) in [5.41, 5.74) is 0. The van der Waals surface area contributed by atoms with Gasteiger partial charge in [-0.25, -0.2) is 0 Å². The predicted molar refractivity (Wildman–Crippen MR) is 63.3 cm³/mol. The zero-order valence-corrected chi connectivity index (χ0v) is 10.1. The summed E-state index contributed by atoms with van der Waals surface area (Å²) in [7, 11) is 0. The summed E-state index contributed by atoms with van der Waals surface area (Å²) in [6, 6.07) is 4.17. The van der Waals surface area contributed by atoms with Crippen LogP contribution in [0.15, 0.2) is 22.8 Å². The van der Waals surface area contributed by atoms with Crippen LogP contribution in [0.4, 0.5) is 0 Å². The van der Waals surface area contributed by atoms with Gasteiger partial charge in [0.1, 0.15) is 5.76 Å². The van der Waals surface area contributed by atoms with Gasteiger partial charge in [-0.1, -0.05) is 13.8 Å². The zero-order valence-electron chi connectivity index (χ0n) is 10.1. The van der Waals surface area contributed by atoms with Crippen LogP contribution in [0.5, 0.6) is 0 Å². The molecule has 1 aromatic rings. The van der Waals surface area contributed by atoms with Crippen LogP contribution >= 0.6 is 0 Å². The average Bonchev–Trinajstić information content (AvgIpc) is 2.91. The molecule has 0 aliphatic carbocycles. The molecular formula is C13H21NO2. The second-order valence-electron chi connectivity index (χ2n) is 4.55. The summed E-state index contributed by atoms with van der Waals surface area (Å²) in [6.07, 6.45) is 4.25. The van der Waals surface area contributed by atoms with Crippen LogP contribution in [-0.2, 0) is 4.74 Å². The molecule has 0 radical (unpaired) electrons. The molecule has 0 bridgehead atoms. The van der Waals surface area contributed by atoms with Crippen molar-refractivity contribution in [1.29, 1.82) is 0 Å². The molecule has 0 aromatic carbocycles. The minimum atomic E-state index is 0.201. The third kappa shape index (κ3) is 2.47. The lowest BCUT2D eigenvalue weighted by molar-refractivity contribution is 0.0538. The fraction of sp³-hybridized carbons (Fsp3) is 0.692. The molecule has 1 fully saturated rings. The van der Waals surface area contributed by atoms with E-state index >= 15 is 0 Å². The van der Waals surface area contributed by atoms with E-state index in [9.17, 15) is 0 Å². The molecule has 3 heteroatoms. The molecule has 3 atom stereocenters. The summed E-state index contributed by atoms with van der Waals surface area (Å²) in [4.78, 5) is 0. The number of ether oxygens (including phenoxy) is 1. The molecule has 16 heavy (non-hydrogen) atoms. The summed E-state index contributed by atoms with van der Waals surface area (Å²) < 4.78 is 11.3. The van der Waals surface area contributed by atoms with Crippen LogP contribution in [0, 0.1) is 5.92 Å². The number of furan rings is 1. The quantitative estimate of drug-likeness (QED) is 0.833. The molecule has 3 unspecified atom stereocenters. The van der Waals surface area contributed by atoms with E-state index < -0.39 is 0 Å². The Labute approximate surface area is 97.2 Å². The lowest BCUT2D eigenvalue weighted by atomic mass is 9.96. The summed E-state index contributed by atoms with van der Waals surface area (Å²) in [5, 5.41) is 3.53. The summed E-state index contributed by atoms with van der Waals surface area (Å²) in [6.45, 7) is 6.29. The van der Waals surface area contributed by atoms with Crippen LogP contribution in [0.3, 0.4) is 0 Å². The van der Waals surface area contributed by atoms with Gasteiger partial charge >= 0.3 is 0 Å². The van der Waals surface area contributed by atoms with Gasteiger partial charge in [-0.15, -0.1) is 0 Å². The van der Waals surface area contributed by atoms with Crippen LogP contribution in [0.25, 0.3) is 0 Å². The molecular weight excluding hydrogens is 202 g/mol. The van der Waals surface area contributed by atoms with E-state index in [0.29, 0.717) is 5.92 Å². The predicted octanol–water partition coefficient (Wildman–Crippen LogP) is 2.75. The highest BCUT2D eigenvalue weighted by Crippen LogP contribution is 2.31. The minimum Gasteiger partial charge on any atom is -0.468 e. The second kappa shape index (κ2) is 5.51. The van der Waals surface area contributed by atoms with Gasteiger partial charge in [0.05, 0.1) is 18.4 Å². The molecule has 0 amide bonds. The number of hydrogen-bond acceptors (Lipinski definition) is 3. The number of rotatable bonds is 5. The van der Waals surface area contributed by atoms with Crippen LogP contribution < -0.4 is 5.32 Å². The topological polar surface area (TPSA) is 34.4 Å². The molecule has 2 rings (SSSR count). The Bertz CT molecular complexity index is 297. The lowest BCUT2D eigenvalue weighted by Gasteiger charge is -2.25. The van der Waals surface area contributed by atoms with E-state index in [-0.39, 0.29) is 12.1 Å². The third-order valence-electron chi connectivity index (χ3n) is 3.24. The Hall–Kier alpha value is -0.800.